The van der Waals surface area contributed by atoms with Gasteiger partial charge in [0.25, 0.3) is 5.56 Å². The predicted octanol–water partition coefficient (Wildman–Crippen LogP) is -1.44. The molecule has 1 fully saturated rings. The first-order chi connectivity index (χ1) is 8.11. The van der Waals surface area contributed by atoms with Crippen LogP contribution in [0.2, 0.25) is 0 Å². The lowest BCUT2D eigenvalue weighted by Crippen LogP contribution is -2.34. The third kappa shape index (κ3) is 1.40. The molecule has 0 aromatic carbocycles. The van der Waals surface area contributed by atoms with E-state index in [1.54, 1.807) is 17.7 Å². The van der Waals surface area contributed by atoms with Crippen LogP contribution in [0.4, 0.5) is 0 Å². The Bertz CT molecular complexity index is 514. The Morgan fingerprint density at radius 1 is 1.59 bits per heavy atom. The van der Waals surface area contributed by atoms with Crippen LogP contribution < -0.4 is 10.3 Å². The molecule has 0 bridgehead atoms. The second-order valence-corrected chi connectivity index (χ2v) is 4.24. The Morgan fingerprint density at radius 2 is 2.35 bits per heavy atom. The molecule has 1 aromatic heterocycles. The topological polar surface area (TPSA) is 93.8 Å². The maximum absolute atomic E-state index is 11.4. The Labute approximate surface area is 96.2 Å². The van der Waals surface area contributed by atoms with E-state index in [9.17, 15) is 9.90 Å². The van der Waals surface area contributed by atoms with Crippen molar-refractivity contribution in [1.29, 1.82) is 0 Å². The molecular weight excluding hydrogens is 228 g/mol. The average molecular weight is 240 g/mol. The number of rotatable bonds is 1. The molecule has 3 heterocycles. The summed E-state index contributed by atoms with van der Waals surface area (Å²) in [5.41, 5.74) is 0.118. The molecule has 7 nitrogen and oxygen atoms in total. The molecule has 0 radical (unpaired) electrons. The first kappa shape index (κ1) is 10.7. The van der Waals surface area contributed by atoms with E-state index in [-0.39, 0.29) is 18.2 Å². The average Bonchev–Trinajstić information content (AvgIpc) is 2.78. The summed E-state index contributed by atoms with van der Waals surface area (Å²) in [4.78, 5) is 15.1. The number of aromatic nitrogens is 2. The lowest BCUT2D eigenvalue weighted by Gasteiger charge is -2.14. The van der Waals surface area contributed by atoms with E-state index in [2.05, 4.69) is 4.98 Å². The summed E-state index contributed by atoms with van der Waals surface area (Å²) in [6.07, 6.45) is -1.17. The van der Waals surface area contributed by atoms with Crippen molar-refractivity contribution in [2.45, 2.75) is 31.5 Å². The van der Waals surface area contributed by atoms with Crippen LogP contribution in [0.25, 0.3) is 0 Å². The molecule has 2 aliphatic heterocycles. The van der Waals surface area contributed by atoms with E-state index in [0.29, 0.717) is 5.56 Å². The minimum absolute atomic E-state index is 0.144. The maximum atomic E-state index is 11.4. The largest absolute Gasteiger partial charge is 0.453 e. The molecule has 0 aliphatic carbocycles. The van der Waals surface area contributed by atoms with Crippen LogP contribution in [-0.2, 0) is 4.74 Å². The number of ether oxygens (including phenoxy) is 2. The second kappa shape index (κ2) is 3.52. The maximum Gasteiger partial charge on any atom is 0.302 e. The molecule has 2 aliphatic rings. The Balaban J connectivity index is 2.02. The van der Waals surface area contributed by atoms with Gasteiger partial charge in [-0.2, -0.15) is 4.98 Å². The highest BCUT2D eigenvalue weighted by Gasteiger charge is 2.50. The molecule has 17 heavy (non-hydrogen) atoms. The number of aliphatic hydroxyl groups excluding tert-OH is 2. The van der Waals surface area contributed by atoms with E-state index in [1.165, 1.54) is 0 Å². The molecule has 7 heteroatoms. The summed E-state index contributed by atoms with van der Waals surface area (Å²) < 4.78 is 12.4. The zero-order valence-corrected chi connectivity index (χ0v) is 9.11. The number of aryl methyl sites for hydroxylation is 1. The highest BCUT2D eigenvalue weighted by atomic mass is 16.6. The standard InChI is InChI=1S/C10H12N2O5/c1-4-2-12-9-7(6(14)5(3-13)16-9)17-10(12)11-8(4)15/h2,5-7,9,13-14H,3H2,1H3/t5-,6-,7-,9+/m1/s1. The van der Waals surface area contributed by atoms with Gasteiger partial charge in [0.05, 0.1) is 6.61 Å². The molecule has 3 rings (SSSR count). The number of fused-ring (bicyclic) bond motifs is 3. The van der Waals surface area contributed by atoms with Gasteiger partial charge < -0.3 is 19.7 Å². The van der Waals surface area contributed by atoms with Crippen LogP contribution in [0.5, 0.6) is 6.01 Å². The van der Waals surface area contributed by atoms with Crippen molar-refractivity contribution in [3.05, 3.63) is 22.1 Å². The van der Waals surface area contributed by atoms with Crippen molar-refractivity contribution >= 4 is 0 Å². The van der Waals surface area contributed by atoms with Crippen molar-refractivity contribution in [1.82, 2.24) is 9.55 Å². The summed E-state index contributed by atoms with van der Waals surface area (Å²) in [6.45, 7) is 1.37. The second-order valence-electron chi connectivity index (χ2n) is 4.24. The lowest BCUT2D eigenvalue weighted by atomic mass is 10.1. The Kier molecular flexibility index (Phi) is 2.22. The first-order valence-electron chi connectivity index (χ1n) is 5.32. The van der Waals surface area contributed by atoms with Gasteiger partial charge in [-0.05, 0) is 6.92 Å². The number of aliphatic hydroxyl groups is 2. The van der Waals surface area contributed by atoms with Gasteiger partial charge >= 0.3 is 6.01 Å². The number of hydrogen-bond acceptors (Lipinski definition) is 6. The van der Waals surface area contributed by atoms with E-state index >= 15 is 0 Å². The van der Waals surface area contributed by atoms with E-state index in [4.69, 9.17) is 14.6 Å². The highest BCUT2D eigenvalue weighted by Crippen LogP contribution is 2.38. The molecule has 0 spiro atoms. The Morgan fingerprint density at radius 3 is 3.06 bits per heavy atom. The predicted molar refractivity (Wildman–Crippen MR) is 54.7 cm³/mol. The molecule has 0 unspecified atom stereocenters. The molecule has 0 amide bonds. The molecule has 1 aromatic rings. The van der Waals surface area contributed by atoms with Gasteiger partial charge in [0, 0.05) is 11.8 Å². The number of hydrogen-bond donors (Lipinski definition) is 2. The van der Waals surface area contributed by atoms with Gasteiger partial charge in [-0.25, -0.2) is 0 Å². The number of nitrogens with zero attached hydrogens (tertiary/aromatic N) is 2. The van der Waals surface area contributed by atoms with Gasteiger partial charge in [0.1, 0.15) is 12.2 Å². The zero-order chi connectivity index (χ0) is 12.2. The van der Waals surface area contributed by atoms with Crippen molar-refractivity contribution in [3.8, 4) is 6.01 Å². The molecule has 0 saturated carbocycles. The van der Waals surface area contributed by atoms with Crippen LogP contribution in [-0.4, -0.2) is 44.7 Å². The van der Waals surface area contributed by atoms with Gasteiger partial charge in [0.15, 0.2) is 12.3 Å². The molecular formula is C10H12N2O5. The fourth-order valence-electron chi connectivity index (χ4n) is 2.16. The highest BCUT2D eigenvalue weighted by molar-refractivity contribution is 5.15. The Hall–Kier alpha value is -1.44. The third-order valence-electron chi connectivity index (χ3n) is 3.10. The molecule has 1 saturated heterocycles. The minimum atomic E-state index is -0.929. The molecule has 2 N–H and O–H groups in total. The normalized spacial score (nSPS) is 34.3. The van der Waals surface area contributed by atoms with Crippen LogP contribution in [0.15, 0.2) is 11.0 Å². The van der Waals surface area contributed by atoms with Crippen LogP contribution in [0.3, 0.4) is 0 Å². The van der Waals surface area contributed by atoms with Gasteiger partial charge in [0.2, 0.25) is 0 Å². The summed E-state index contributed by atoms with van der Waals surface area (Å²) in [5, 5.41) is 18.9. The fraction of sp³-hybridized carbons (Fsp3) is 0.600. The fourth-order valence-corrected chi connectivity index (χ4v) is 2.16. The third-order valence-corrected chi connectivity index (χ3v) is 3.10. The molecule has 92 valence electrons. The summed E-state index contributed by atoms with van der Waals surface area (Å²) in [6, 6.07) is 0.144. The van der Waals surface area contributed by atoms with E-state index < -0.39 is 24.5 Å². The van der Waals surface area contributed by atoms with Crippen LogP contribution in [0.1, 0.15) is 11.8 Å². The van der Waals surface area contributed by atoms with Gasteiger partial charge in [-0.3, -0.25) is 9.36 Å². The smallest absolute Gasteiger partial charge is 0.302 e. The first-order valence-corrected chi connectivity index (χ1v) is 5.32. The van der Waals surface area contributed by atoms with E-state index in [0.717, 1.165) is 0 Å². The summed E-state index contributed by atoms with van der Waals surface area (Å²) in [7, 11) is 0. The van der Waals surface area contributed by atoms with E-state index in [1.807, 2.05) is 0 Å². The molecule has 4 atom stereocenters. The minimum Gasteiger partial charge on any atom is -0.453 e. The summed E-state index contributed by atoms with van der Waals surface area (Å²) in [5.74, 6) is 0. The zero-order valence-electron chi connectivity index (χ0n) is 9.11. The summed E-state index contributed by atoms with van der Waals surface area (Å²) >= 11 is 0. The van der Waals surface area contributed by atoms with Crippen molar-refractivity contribution in [3.63, 3.8) is 0 Å². The van der Waals surface area contributed by atoms with Crippen molar-refractivity contribution < 1.29 is 19.7 Å². The lowest BCUT2D eigenvalue weighted by molar-refractivity contribution is -0.0435. The van der Waals surface area contributed by atoms with Crippen LogP contribution in [0, 0.1) is 6.92 Å². The quantitative estimate of drug-likeness (QED) is 0.624. The van der Waals surface area contributed by atoms with Crippen molar-refractivity contribution in [2.75, 3.05) is 6.61 Å². The van der Waals surface area contributed by atoms with Crippen LogP contribution >= 0.6 is 0 Å². The monoisotopic (exact) mass is 240 g/mol. The van der Waals surface area contributed by atoms with Crippen molar-refractivity contribution in [2.24, 2.45) is 0 Å². The SMILES string of the molecule is Cc1cn2c(nc1=O)O[C@@H]1[C@H](O)[C@@H](CO)O[C@@H]12. The van der Waals surface area contributed by atoms with Gasteiger partial charge in [-0.15, -0.1) is 0 Å². The van der Waals surface area contributed by atoms with Gasteiger partial charge in [-0.1, -0.05) is 0 Å².